The molecule has 1 atom stereocenters. The number of dihydropyridines is 1. The predicted molar refractivity (Wildman–Crippen MR) is 95.3 cm³/mol. The Morgan fingerprint density at radius 2 is 2.08 bits per heavy atom. The lowest BCUT2D eigenvalue weighted by Gasteiger charge is -2.28. The van der Waals surface area contributed by atoms with Gasteiger partial charge < -0.3 is 10.1 Å². The molecule has 1 aliphatic heterocycles. The molecular formula is C19H18N2O2S. The van der Waals surface area contributed by atoms with E-state index in [-0.39, 0.29) is 5.97 Å². The third-order valence-electron chi connectivity index (χ3n) is 4.20. The quantitative estimate of drug-likeness (QED) is 0.851. The number of hydrogen-bond donors (Lipinski definition) is 1. The Kier molecular flexibility index (Phi) is 4.41. The first kappa shape index (κ1) is 16.3. The van der Waals surface area contributed by atoms with Crippen molar-refractivity contribution in [2.45, 2.75) is 26.7 Å². The van der Waals surface area contributed by atoms with Crippen LogP contribution in [0.15, 0.2) is 52.2 Å². The van der Waals surface area contributed by atoms with Crippen LogP contribution in [0.1, 0.15) is 32.3 Å². The molecule has 3 rings (SSSR count). The number of ether oxygens (including phenoxy) is 1. The SMILES string of the molecule is CCOC(=O)C1=C(C)NC(C)=C(C#N)C1c1csc2ccccc12. The van der Waals surface area contributed by atoms with Crippen molar-refractivity contribution in [3.05, 3.63) is 57.7 Å². The minimum atomic E-state index is -0.397. The van der Waals surface area contributed by atoms with Crippen molar-refractivity contribution in [2.75, 3.05) is 6.61 Å². The summed E-state index contributed by atoms with van der Waals surface area (Å²) in [6, 6.07) is 10.3. The molecule has 0 aliphatic carbocycles. The molecule has 4 nitrogen and oxygen atoms in total. The van der Waals surface area contributed by atoms with Gasteiger partial charge in [0.2, 0.25) is 0 Å². The van der Waals surface area contributed by atoms with Crippen LogP contribution in [-0.4, -0.2) is 12.6 Å². The Labute approximate surface area is 145 Å². The van der Waals surface area contributed by atoms with Gasteiger partial charge in [0.1, 0.15) is 0 Å². The van der Waals surface area contributed by atoms with E-state index in [0.29, 0.717) is 17.8 Å². The van der Waals surface area contributed by atoms with Crippen molar-refractivity contribution in [1.29, 1.82) is 5.26 Å². The molecule has 0 bridgehead atoms. The molecule has 2 aromatic rings. The van der Waals surface area contributed by atoms with Gasteiger partial charge in [0.15, 0.2) is 0 Å². The number of benzene rings is 1. The molecule has 0 radical (unpaired) electrons. The summed E-state index contributed by atoms with van der Waals surface area (Å²) in [6.45, 7) is 5.81. The van der Waals surface area contributed by atoms with Gasteiger partial charge in [0.05, 0.1) is 29.7 Å². The molecule has 1 N–H and O–H groups in total. The average Bonchev–Trinajstić information content (AvgIpc) is 2.98. The molecule has 0 spiro atoms. The number of hydrogen-bond acceptors (Lipinski definition) is 5. The lowest BCUT2D eigenvalue weighted by molar-refractivity contribution is -0.138. The van der Waals surface area contributed by atoms with Gasteiger partial charge in [-0.25, -0.2) is 4.79 Å². The molecule has 0 saturated carbocycles. The Bertz CT molecular complexity index is 915. The van der Waals surface area contributed by atoms with E-state index in [2.05, 4.69) is 11.4 Å². The highest BCUT2D eigenvalue weighted by Crippen LogP contribution is 2.42. The van der Waals surface area contributed by atoms with Gasteiger partial charge in [-0.15, -0.1) is 11.3 Å². The summed E-state index contributed by atoms with van der Waals surface area (Å²) < 4.78 is 6.40. The van der Waals surface area contributed by atoms with Crippen molar-refractivity contribution in [1.82, 2.24) is 5.32 Å². The van der Waals surface area contributed by atoms with Gasteiger partial charge in [0, 0.05) is 16.1 Å². The second kappa shape index (κ2) is 6.50. The van der Waals surface area contributed by atoms with E-state index in [1.807, 2.05) is 43.5 Å². The zero-order chi connectivity index (χ0) is 17.3. The van der Waals surface area contributed by atoms with Crippen molar-refractivity contribution < 1.29 is 9.53 Å². The molecule has 2 heterocycles. The van der Waals surface area contributed by atoms with Crippen LogP contribution in [0.25, 0.3) is 10.1 Å². The minimum absolute atomic E-state index is 0.303. The Morgan fingerprint density at radius 3 is 2.79 bits per heavy atom. The van der Waals surface area contributed by atoms with Gasteiger partial charge in [-0.05, 0) is 43.2 Å². The molecule has 5 heteroatoms. The average molecular weight is 338 g/mol. The molecule has 1 aliphatic rings. The molecule has 24 heavy (non-hydrogen) atoms. The molecule has 1 aromatic heterocycles. The molecular weight excluding hydrogens is 320 g/mol. The van der Waals surface area contributed by atoms with Crippen LogP contribution in [0.3, 0.4) is 0 Å². The first-order valence-electron chi connectivity index (χ1n) is 7.80. The second-order valence-electron chi connectivity index (χ2n) is 5.65. The molecule has 1 unspecified atom stereocenters. The smallest absolute Gasteiger partial charge is 0.336 e. The maximum Gasteiger partial charge on any atom is 0.336 e. The lowest BCUT2D eigenvalue weighted by atomic mass is 9.81. The minimum Gasteiger partial charge on any atom is -0.463 e. The fourth-order valence-electron chi connectivity index (χ4n) is 3.15. The Balaban J connectivity index is 2.23. The summed E-state index contributed by atoms with van der Waals surface area (Å²) in [5.74, 6) is -0.769. The highest BCUT2D eigenvalue weighted by Gasteiger charge is 2.35. The summed E-state index contributed by atoms with van der Waals surface area (Å²) in [6.07, 6.45) is 0. The van der Waals surface area contributed by atoms with E-state index in [1.54, 1.807) is 18.3 Å². The second-order valence-corrected chi connectivity index (χ2v) is 6.57. The van der Waals surface area contributed by atoms with Crippen LogP contribution in [0.4, 0.5) is 0 Å². The van der Waals surface area contributed by atoms with Crippen LogP contribution in [0.2, 0.25) is 0 Å². The molecule has 1 aromatic carbocycles. The highest BCUT2D eigenvalue weighted by molar-refractivity contribution is 7.17. The zero-order valence-electron chi connectivity index (χ0n) is 13.8. The topological polar surface area (TPSA) is 62.1 Å². The summed E-state index contributed by atoms with van der Waals surface area (Å²) in [5, 5.41) is 16.0. The van der Waals surface area contributed by atoms with Crippen LogP contribution in [0, 0.1) is 11.3 Å². The summed E-state index contributed by atoms with van der Waals surface area (Å²) in [4.78, 5) is 12.6. The number of nitriles is 1. The number of fused-ring (bicyclic) bond motifs is 1. The highest BCUT2D eigenvalue weighted by atomic mass is 32.1. The van der Waals surface area contributed by atoms with Crippen LogP contribution in [0.5, 0.6) is 0 Å². The van der Waals surface area contributed by atoms with Crippen molar-refractivity contribution in [2.24, 2.45) is 0 Å². The maximum atomic E-state index is 12.6. The van der Waals surface area contributed by atoms with E-state index in [0.717, 1.165) is 27.0 Å². The third-order valence-corrected chi connectivity index (χ3v) is 5.18. The third kappa shape index (κ3) is 2.59. The van der Waals surface area contributed by atoms with Gasteiger partial charge in [-0.2, -0.15) is 5.26 Å². The van der Waals surface area contributed by atoms with Crippen molar-refractivity contribution >= 4 is 27.4 Å². The maximum absolute atomic E-state index is 12.6. The van der Waals surface area contributed by atoms with Crippen molar-refractivity contribution in [3.8, 4) is 6.07 Å². The van der Waals surface area contributed by atoms with Gasteiger partial charge in [0.25, 0.3) is 0 Å². The van der Waals surface area contributed by atoms with Gasteiger partial charge in [-0.1, -0.05) is 18.2 Å². The van der Waals surface area contributed by atoms with E-state index in [9.17, 15) is 10.1 Å². The number of esters is 1. The van der Waals surface area contributed by atoms with Crippen molar-refractivity contribution in [3.63, 3.8) is 0 Å². The number of thiophene rings is 1. The van der Waals surface area contributed by atoms with Crippen LogP contribution in [-0.2, 0) is 9.53 Å². The number of rotatable bonds is 3. The molecule has 0 fully saturated rings. The van der Waals surface area contributed by atoms with E-state index >= 15 is 0 Å². The number of nitrogens with zero attached hydrogens (tertiary/aromatic N) is 1. The van der Waals surface area contributed by atoms with Gasteiger partial charge >= 0.3 is 5.97 Å². The molecule has 122 valence electrons. The summed E-state index contributed by atoms with van der Waals surface area (Å²) in [5.41, 5.74) is 3.58. The van der Waals surface area contributed by atoms with E-state index < -0.39 is 5.92 Å². The Morgan fingerprint density at radius 1 is 1.33 bits per heavy atom. The fraction of sp³-hybridized carbons (Fsp3) is 0.263. The monoisotopic (exact) mass is 338 g/mol. The number of carbonyl (C=O) groups excluding carboxylic acids is 1. The van der Waals surface area contributed by atoms with Gasteiger partial charge in [-0.3, -0.25) is 0 Å². The standard InChI is InChI=1S/C19H18N2O2S/c1-4-23-19(22)17-12(3)21-11(2)14(9-20)18(17)15-10-24-16-8-6-5-7-13(15)16/h5-8,10,18,21H,4H2,1-3H3. The summed E-state index contributed by atoms with van der Waals surface area (Å²) in [7, 11) is 0. The normalized spacial score (nSPS) is 17.7. The lowest BCUT2D eigenvalue weighted by Crippen LogP contribution is -2.28. The zero-order valence-corrected chi connectivity index (χ0v) is 14.7. The fourth-order valence-corrected chi connectivity index (χ4v) is 4.14. The molecule has 0 amide bonds. The first-order chi connectivity index (χ1) is 11.6. The van der Waals surface area contributed by atoms with Crippen LogP contribution < -0.4 is 5.32 Å². The molecule has 0 saturated heterocycles. The first-order valence-corrected chi connectivity index (χ1v) is 8.68. The predicted octanol–water partition coefficient (Wildman–Crippen LogP) is 4.22. The Hall–Kier alpha value is -2.58. The van der Waals surface area contributed by atoms with E-state index in [4.69, 9.17) is 4.74 Å². The largest absolute Gasteiger partial charge is 0.463 e. The van der Waals surface area contributed by atoms with Crippen LogP contribution >= 0.6 is 11.3 Å². The van der Waals surface area contributed by atoms with E-state index in [1.165, 1.54) is 0 Å². The number of nitrogens with one attached hydrogen (secondary N) is 1. The summed E-state index contributed by atoms with van der Waals surface area (Å²) >= 11 is 1.62. The number of allylic oxidation sites excluding steroid dienone is 3. The number of carbonyl (C=O) groups is 1.